The minimum Gasteiger partial charge on any atom is -0.472 e. The average Bonchev–Trinajstić information content (AvgIpc) is 3.20. The van der Waals surface area contributed by atoms with E-state index in [0.717, 1.165) is 10.4 Å². The number of nitrogens with one attached hydrogen (secondary N) is 1. The number of furan rings is 1. The predicted octanol–water partition coefficient (Wildman–Crippen LogP) is 4.48. The number of anilines is 1. The van der Waals surface area contributed by atoms with Gasteiger partial charge in [-0.15, -0.1) is 24.5 Å². The molecule has 2 aromatic heterocycles. The second kappa shape index (κ2) is 6.98. The molecule has 3 aromatic rings. The van der Waals surface area contributed by atoms with Crippen molar-refractivity contribution >= 4 is 22.4 Å². The van der Waals surface area contributed by atoms with E-state index in [-0.39, 0.29) is 11.7 Å². The fourth-order valence-corrected chi connectivity index (χ4v) is 2.86. The molecule has 3 rings (SSSR count). The van der Waals surface area contributed by atoms with Gasteiger partial charge in [-0.25, -0.2) is 4.98 Å². The summed E-state index contributed by atoms with van der Waals surface area (Å²) in [4.78, 5) is 16.8. The summed E-state index contributed by atoms with van der Waals surface area (Å²) in [6, 6.07) is 7.14. The number of thiazole rings is 1. The van der Waals surface area contributed by atoms with Crippen molar-refractivity contribution in [3.8, 4) is 5.75 Å². The van der Waals surface area contributed by atoms with E-state index in [1.165, 1.54) is 42.1 Å². The largest absolute Gasteiger partial charge is 0.573 e. The van der Waals surface area contributed by atoms with Gasteiger partial charge >= 0.3 is 6.36 Å². The molecule has 130 valence electrons. The lowest BCUT2D eigenvalue weighted by molar-refractivity contribution is -0.274. The Bertz CT molecular complexity index is 842. The van der Waals surface area contributed by atoms with E-state index < -0.39 is 6.36 Å². The van der Waals surface area contributed by atoms with Crippen LogP contribution in [0, 0.1) is 0 Å². The van der Waals surface area contributed by atoms with E-state index in [1.54, 1.807) is 18.3 Å². The summed E-state index contributed by atoms with van der Waals surface area (Å²) < 4.78 is 45.0. The molecule has 0 spiro atoms. The second-order valence-electron chi connectivity index (χ2n) is 4.97. The first-order valence-corrected chi connectivity index (χ1v) is 7.84. The first-order valence-electron chi connectivity index (χ1n) is 7.02. The Kier molecular flexibility index (Phi) is 4.75. The summed E-state index contributed by atoms with van der Waals surface area (Å²) in [6.45, 7) is 0. The lowest BCUT2D eigenvalue weighted by Gasteiger charge is -2.08. The number of ether oxygens (including phenoxy) is 1. The van der Waals surface area contributed by atoms with Gasteiger partial charge in [0.15, 0.2) is 5.13 Å². The molecule has 0 aliphatic heterocycles. The van der Waals surface area contributed by atoms with Gasteiger partial charge in [0.25, 0.3) is 5.91 Å². The van der Waals surface area contributed by atoms with E-state index in [2.05, 4.69) is 15.0 Å². The molecule has 0 fully saturated rings. The molecule has 0 saturated carbocycles. The van der Waals surface area contributed by atoms with Crippen molar-refractivity contribution < 1.29 is 27.1 Å². The Labute approximate surface area is 144 Å². The van der Waals surface area contributed by atoms with Crippen molar-refractivity contribution in [1.82, 2.24) is 4.98 Å². The molecule has 1 amide bonds. The van der Waals surface area contributed by atoms with E-state index in [0.29, 0.717) is 17.1 Å². The number of carbonyl (C=O) groups is 1. The highest BCUT2D eigenvalue weighted by Crippen LogP contribution is 2.25. The number of amides is 1. The summed E-state index contributed by atoms with van der Waals surface area (Å²) in [5.74, 6) is -0.600. The van der Waals surface area contributed by atoms with Crippen molar-refractivity contribution in [3.05, 3.63) is 65.1 Å². The van der Waals surface area contributed by atoms with Crippen LogP contribution in [0.4, 0.5) is 18.3 Å². The first-order chi connectivity index (χ1) is 11.9. The molecule has 2 heterocycles. The Balaban J connectivity index is 1.60. The highest BCUT2D eigenvalue weighted by molar-refractivity contribution is 7.15. The Morgan fingerprint density at radius 2 is 2.00 bits per heavy atom. The molecule has 0 aliphatic rings. The van der Waals surface area contributed by atoms with Crippen molar-refractivity contribution in [2.45, 2.75) is 12.8 Å². The van der Waals surface area contributed by atoms with Gasteiger partial charge in [-0.1, -0.05) is 12.1 Å². The highest BCUT2D eigenvalue weighted by Gasteiger charge is 2.30. The van der Waals surface area contributed by atoms with Crippen LogP contribution >= 0.6 is 11.3 Å². The van der Waals surface area contributed by atoms with Crippen LogP contribution in [-0.2, 0) is 6.42 Å². The maximum Gasteiger partial charge on any atom is 0.573 e. The zero-order valence-corrected chi connectivity index (χ0v) is 13.4. The Morgan fingerprint density at radius 3 is 2.64 bits per heavy atom. The number of alkyl halides is 3. The van der Waals surface area contributed by atoms with E-state index in [1.807, 2.05) is 0 Å². The molecule has 0 aliphatic carbocycles. The van der Waals surface area contributed by atoms with Gasteiger partial charge in [0.2, 0.25) is 0 Å². The normalized spacial score (nSPS) is 11.3. The second-order valence-corrected chi connectivity index (χ2v) is 6.08. The van der Waals surface area contributed by atoms with Gasteiger partial charge in [0.05, 0.1) is 11.8 Å². The van der Waals surface area contributed by atoms with Crippen molar-refractivity contribution in [1.29, 1.82) is 0 Å². The quantitative estimate of drug-likeness (QED) is 0.721. The lowest BCUT2D eigenvalue weighted by Crippen LogP contribution is -2.17. The number of rotatable bonds is 5. The Morgan fingerprint density at radius 1 is 1.24 bits per heavy atom. The molecule has 0 radical (unpaired) electrons. The highest BCUT2D eigenvalue weighted by atomic mass is 32.1. The molecule has 9 heteroatoms. The summed E-state index contributed by atoms with van der Waals surface area (Å²) in [6.07, 6.45) is 0.103. The minimum absolute atomic E-state index is 0.270. The predicted molar refractivity (Wildman–Crippen MR) is 84.7 cm³/mol. The number of halogens is 3. The van der Waals surface area contributed by atoms with E-state index >= 15 is 0 Å². The zero-order chi connectivity index (χ0) is 17.9. The molecule has 0 bridgehead atoms. The lowest BCUT2D eigenvalue weighted by atomic mass is 10.1. The van der Waals surface area contributed by atoms with Crippen LogP contribution in [0.5, 0.6) is 5.75 Å². The van der Waals surface area contributed by atoms with E-state index in [4.69, 9.17) is 4.42 Å². The van der Waals surface area contributed by atoms with Crippen LogP contribution in [0.1, 0.15) is 20.8 Å². The minimum atomic E-state index is -4.71. The zero-order valence-electron chi connectivity index (χ0n) is 12.5. The fourth-order valence-electron chi connectivity index (χ4n) is 2.02. The third-order valence-electron chi connectivity index (χ3n) is 3.09. The summed E-state index contributed by atoms with van der Waals surface area (Å²) in [5.41, 5.74) is 1.18. The van der Waals surface area contributed by atoms with Crippen LogP contribution in [0.25, 0.3) is 0 Å². The number of hydrogen-bond acceptors (Lipinski definition) is 5. The van der Waals surface area contributed by atoms with Gasteiger partial charge in [-0.3, -0.25) is 10.1 Å². The third-order valence-corrected chi connectivity index (χ3v) is 4.01. The van der Waals surface area contributed by atoms with Crippen LogP contribution < -0.4 is 10.1 Å². The number of aromatic nitrogens is 1. The van der Waals surface area contributed by atoms with Crippen molar-refractivity contribution in [2.24, 2.45) is 0 Å². The number of benzene rings is 1. The van der Waals surface area contributed by atoms with Crippen LogP contribution in [0.15, 0.2) is 53.5 Å². The molecule has 1 aromatic carbocycles. The Hall–Kier alpha value is -2.81. The summed E-state index contributed by atoms with van der Waals surface area (Å²) in [5, 5.41) is 3.08. The number of carbonyl (C=O) groups excluding carboxylic acids is 1. The van der Waals surface area contributed by atoms with Crippen molar-refractivity contribution in [2.75, 3.05) is 5.32 Å². The van der Waals surface area contributed by atoms with Crippen molar-refractivity contribution in [3.63, 3.8) is 0 Å². The van der Waals surface area contributed by atoms with Crippen LogP contribution in [0.2, 0.25) is 0 Å². The molecular formula is C16H11F3N2O3S. The van der Waals surface area contributed by atoms with Gasteiger partial charge in [-0.05, 0) is 23.8 Å². The molecule has 0 saturated heterocycles. The molecule has 0 unspecified atom stereocenters. The van der Waals surface area contributed by atoms with Gasteiger partial charge in [0, 0.05) is 17.5 Å². The fraction of sp³-hybridized carbons (Fsp3) is 0.125. The maximum absolute atomic E-state index is 12.1. The summed E-state index contributed by atoms with van der Waals surface area (Å²) >= 11 is 1.28. The standard InChI is InChI=1S/C16H11F3N2O3S/c17-16(18,19)24-12-3-1-10(2-4-12)7-13-8-20-15(25-13)21-14(22)11-5-6-23-9-11/h1-6,8-9H,7H2,(H,20,21,22). The van der Waals surface area contributed by atoms with Gasteiger partial charge in [-0.2, -0.15) is 0 Å². The maximum atomic E-state index is 12.1. The van der Waals surface area contributed by atoms with Crippen LogP contribution in [-0.4, -0.2) is 17.3 Å². The SMILES string of the molecule is O=C(Nc1ncc(Cc2ccc(OC(F)(F)F)cc2)s1)c1ccoc1. The monoisotopic (exact) mass is 368 g/mol. The topological polar surface area (TPSA) is 64.4 Å². The number of nitrogens with zero attached hydrogens (tertiary/aromatic N) is 1. The number of hydrogen-bond donors (Lipinski definition) is 1. The molecule has 1 N–H and O–H groups in total. The molecule has 0 atom stereocenters. The van der Waals surface area contributed by atoms with Gasteiger partial charge < -0.3 is 9.15 Å². The smallest absolute Gasteiger partial charge is 0.472 e. The molecular weight excluding hydrogens is 357 g/mol. The summed E-state index contributed by atoms with van der Waals surface area (Å²) in [7, 11) is 0. The average molecular weight is 368 g/mol. The van der Waals surface area contributed by atoms with Gasteiger partial charge in [0.1, 0.15) is 12.0 Å². The van der Waals surface area contributed by atoms with E-state index in [9.17, 15) is 18.0 Å². The third kappa shape index (κ3) is 4.83. The molecule has 5 nitrogen and oxygen atoms in total. The van der Waals surface area contributed by atoms with Crippen LogP contribution in [0.3, 0.4) is 0 Å². The first kappa shape index (κ1) is 17.0. The molecule has 25 heavy (non-hydrogen) atoms.